The van der Waals surface area contributed by atoms with Crippen LogP contribution in [0.5, 0.6) is 0 Å². The molecule has 1 fully saturated rings. The number of fused-ring (bicyclic) bond motifs is 1. The zero-order chi connectivity index (χ0) is 24.3. The zero-order valence-electron chi connectivity index (χ0n) is 20.3. The third kappa shape index (κ3) is 5.68. The quantitative estimate of drug-likeness (QED) is 0.353. The summed E-state index contributed by atoms with van der Waals surface area (Å²) in [6.07, 6.45) is 2.03. The highest BCUT2D eigenvalue weighted by Crippen LogP contribution is 2.43. The van der Waals surface area contributed by atoms with E-state index in [0.29, 0.717) is 28.8 Å². The number of nitrogens with one attached hydrogen (secondary N) is 1. The Morgan fingerprint density at radius 2 is 1.85 bits per heavy atom. The molecule has 1 heterocycles. The minimum atomic E-state index is -0.970. The average molecular weight is 497 g/mol. The van der Waals surface area contributed by atoms with E-state index in [1.54, 1.807) is 18.2 Å². The maximum Gasteiger partial charge on any atom is 0.331 e. The summed E-state index contributed by atoms with van der Waals surface area (Å²) in [5.74, 6) is 0.683. The van der Waals surface area contributed by atoms with Crippen LogP contribution in [-0.4, -0.2) is 56.2 Å². The minimum Gasteiger partial charge on any atom is -0.394 e. The Labute approximate surface area is 207 Å². The van der Waals surface area contributed by atoms with E-state index in [2.05, 4.69) is 26.1 Å². The van der Waals surface area contributed by atoms with Crippen LogP contribution in [0.4, 0.5) is 0 Å². The number of rotatable bonds is 9. The second kappa shape index (κ2) is 12.2. The van der Waals surface area contributed by atoms with E-state index in [-0.39, 0.29) is 57.0 Å². The van der Waals surface area contributed by atoms with Crippen LogP contribution in [0.3, 0.4) is 0 Å². The molecule has 4 atom stereocenters. The van der Waals surface area contributed by atoms with Gasteiger partial charge in [-0.05, 0) is 48.8 Å². The SMILES string of the molecule is CC(C)[C@@H]1CC[C@@H](C)C[C@H]1[C@H](O)n1c(=O)n(CCN)c2cc(C(=O)NC(CO)CO)ccc21.S. The Hall–Kier alpha value is -1.85. The fourth-order valence-electron chi connectivity index (χ4n) is 5.25. The maximum atomic E-state index is 13.4. The Morgan fingerprint density at radius 1 is 1.18 bits per heavy atom. The summed E-state index contributed by atoms with van der Waals surface area (Å²) in [6.45, 7) is 6.23. The van der Waals surface area contributed by atoms with Crippen LogP contribution >= 0.6 is 13.5 Å². The number of nitrogens with two attached hydrogens (primary N) is 1. The first-order chi connectivity index (χ1) is 15.7. The van der Waals surface area contributed by atoms with Crippen molar-refractivity contribution in [2.75, 3.05) is 19.8 Å². The van der Waals surface area contributed by atoms with E-state index in [1.165, 1.54) is 9.13 Å². The van der Waals surface area contributed by atoms with Crippen molar-refractivity contribution in [1.29, 1.82) is 0 Å². The number of hydrogen-bond donors (Lipinski definition) is 5. The Kier molecular flexibility index (Phi) is 10.2. The highest BCUT2D eigenvalue weighted by atomic mass is 32.1. The number of carbonyl (C=O) groups is 1. The summed E-state index contributed by atoms with van der Waals surface area (Å²) < 4.78 is 2.95. The van der Waals surface area contributed by atoms with E-state index in [9.17, 15) is 24.9 Å². The molecule has 0 spiro atoms. The van der Waals surface area contributed by atoms with Crippen molar-refractivity contribution in [3.8, 4) is 0 Å². The molecule has 0 aliphatic heterocycles. The third-order valence-corrected chi connectivity index (χ3v) is 7.07. The summed E-state index contributed by atoms with van der Waals surface area (Å²) >= 11 is 0. The van der Waals surface area contributed by atoms with Crippen LogP contribution in [0.2, 0.25) is 0 Å². The lowest BCUT2D eigenvalue weighted by Gasteiger charge is -2.40. The number of aromatic nitrogens is 2. The normalized spacial score (nSPS) is 21.6. The van der Waals surface area contributed by atoms with Gasteiger partial charge >= 0.3 is 5.69 Å². The molecular weight excluding hydrogens is 456 g/mol. The van der Waals surface area contributed by atoms with Crippen LogP contribution in [0.1, 0.15) is 56.6 Å². The van der Waals surface area contributed by atoms with Crippen molar-refractivity contribution in [3.63, 3.8) is 0 Å². The molecule has 1 aromatic carbocycles. The fraction of sp³-hybridized carbons (Fsp3) is 0.667. The standard InChI is InChI=1S/C24H38N4O5.H2S/c1-14(2)18-6-4-15(3)10-19(18)23(32)28-20-7-5-16(22(31)26-17(12-29)13-30)11-21(20)27(9-8-25)24(28)33;/h5,7,11,14-15,17-19,23,29-30,32H,4,6,8-10,12-13,25H2,1-3H3,(H,26,31);1H2/t15-,18+,19-,23+;/m1./s1. The number of nitrogens with zero attached hydrogens (tertiary/aromatic N) is 2. The van der Waals surface area contributed by atoms with Gasteiger partial charge in [-0.15, -0.1) is 0 Å². The second-order valence-corrected chi connectivity index (χ2v) is 9.74. The number of hydrogen-bond acceptors (Lipinski definition) is 6. The summed E-state index contributed by atoms with van der Waals surface area (Å²) in [5.41, 5.74) is 6.78. The van der Waals surface area contributed by atoms with E-state index in [1.807, 2.05) is 0 Å². The molecule has 2 aromatic rings. The van der Waals surface area contributed by atoms with E-state index in [4.69, 9.17) is 5.73 Å². The maximum absolute atomic E-state index is 13.4. The van der Waals surface area contributed by atoms with Crippen LogP contribution in [-0.2, 0) is 6.54 Å². The molecule has 1 aliphatic carbocycles. The molecule has 0 radical (unpaired) electrons. The summed E-state index contributed by atoms with van der Waals surface area (Å²) in [6, 6.07) is 4.08. The van der Waals surface area contributed by atoms with Crippen molar-refractivity contribution in [2.45, 2.75) is 58.8 Å². The monoisotopic (exact) mass is 496 g/mol. The van der Waals surface area contributed by atoms with Gasteiger partial charge in [0.25, 0.3) is 5.91 Å². The highest BCUT2D eigenvalue weighted by Gasteiger charge is 2.37. The third-order valence-electron chi connectivity index (χ3n) is 7.07. The molecule has 0 unspecified atom stereocenters. The Morgan fingerprint density at radius 3 is 2.44 bits per heavy atom. The van der Waals surface area contributed by atoms with Gasteiger partial charge < -0.3 is 26.4 Å². The number of amides is 1. The van der Waals surface area contributed by atoms with Gasteiger partial charge in [0.1, 0.15) is 6.23 Å². The lowest BCUT2D eigenvalue weighted by Crippen LogP contribution is -2.40. The van der Waals surface area contributed by atoms with Gasteiger partial charge in [0.15, 0.2) is 0 Å². The second-order valence-electron chi connectivity index (χ2n) is 9.74. The predicted molar refractivity (Wildman–Crippen MR) is 137 cm³/mol. The molecule has 9 nitrogen and oxygen atoms in total. The number of aliphatic hydroxyl groups is 3. The van der Waals surface area contributed by atoms with Crippen LogP contribution < -0.4 is 16.7 Å². The van der Waals surface area contributed by atoms with Crippen molar-refractivity contribution in [2.24, 2.45) is 29.4 Å². The number of imidazole rings is 1. The van der Waals surface area contributed by atoms with Crippen molar-refractivity contribution >= 4 is 30.4 Å². The molecule has 6 N–H and O–H groups in total. The number of benzene rings is 1. The highest BCUT2D eigenvalue weighted by molar-refractivity contribution is 7.59. The molecule has 0 bridgehead atoms. The van der Waals surface area contributed by atoms with Gasteiger partial charge in [-0.25, -0.2) is 4.79 Å². The van der Waals surface area contributed by atoms with Gasteiger partial charge in [0.2, 0.25) is 0 Å². The fourth-order valence-corrected chi connectivity index (χ4v) is 5.25. The van der Waals surface area contributed by atoms with E-state index >= 15 is 0 Å². The average Bonchev–Trinajstić information content (AvgIpc) is 3.07. The molecule has 10 heteroatoms. The van der Waals surface area contributed by atoms with E-state index < -0.39 is 18.2 Å². The zero-order valence-corrected chi connectivity index (χ0v) is 21.3. The largest absolute Gasteiger partial charge is 0.394 e. The molecule has 1 aromatic heterocycles. The van der Waals surface area contributed by atoms with Crippen LogP contribution in [0, 0.1) is 23.7 Å². The lowest BCUT2D eigenvalue weighted by molar-refractivity contribution is -0.0297. The molecule has 192 valence electrons. The van der Waals surface area contributed by atoms with Gasteiger partial charge in [-0.3, -0.25) is 13.9 Å². The van der Waals surface area contributed by atoms with Crippen LogP contribution in [0.15, 0.2) is 23.0 Å². The summed E-state index contributed by atoms with van der Waals surface area (Å²) in [7, 11) is 0. The summed E-state index contributed by atoms with van der Waals surface area (Å²) in [5, 5.41) is 32.5. The number of carbonyl (C=O) groups excluding carboxylic acids is 1. The van der Waals surface area contributed by atoms with Crippen LogP contribution in [0.25, 0.3) is 11.0 Å². The van der Waals surface area contributed by atoms with Gasteiger partial charge in [-0.2, -0.15) is 13.5 Å². The first-order valence-corrected chi connectivity index (χ1v) is 11.9. The lowest BCUT2D eigenvalue weighted by atomic mass is 9.69. The molecule has 1 aliphatic rings. The molecular formula is C24H40N4O5S. The predicted octanol–water partition coefficient (Wildman–Crippen LogP) is 1.16. The first-order valence-electron chi connectivity index (χ1n) is 11.9. The minimum absolute atomic E-state index is 0. The molecule has 1 saturated carbocycles. The molecule has 1 amide bonds. The van der Waals surface area contributed by atoms with Crippen molar-refractivity contribution in [1.82, 2.24) is 14.5 Å². The first kappa shape index (κ1) is 28.4. The topological polar surface area (TPSA) is 143 Å². The molecule has 34 heavy (non-hydrogen) atoms. The molecule has 3 rings (SSSR count). The molecule has 0 saturated heterocycles. The smallest absolute Gasteiger partial charge is 0.331 e. The van der Waals surface area contributed by atoms with E-state index in [0.717, 1.165) is 19.3 Å². The number of aliphatic hydroxyl groups excluding tert-OH is 3. The Balaban J connectivity index is 0.00000408. The van der Waals surface area contributed by atoms with Crippen molar-refractivity contribution < 1.29 is 20.1 Å². The Bertz CT molecular complexity index is 1020. The van der Waals surface area contributed by atoms with Gasteiger partial charge in [0, 0.05) is 24.6 Å². The summed E-state index contributed by atoms with van der Waals surface area (Å²) in [4.78, 5) is 26.0. The van der Waals surface area contributed by atoms with Gasteiger partial charge in [-0.1, -0.05) is 27.2 Å². The van der Waals surface area contributed by atoms with Gasteiger partial charge in [0.05, 0.1) is 30.3 Å². The van der Waals surface area contributed by atoms with Crippen molar-refractivity contribution in [3.05, 3.63) is 34.2 Å².